The van der Waals surface area contributed by atoms with E-state index in [9.17, 15) is 0 Å². The number of hydrogen-bond donors (Lipinski definition) is 0. The van der Waals surface area contributed by atoms with E-state index in [1.807, 2.05) is 48.5 Å². The number of furan rings is 2. The summed E-state index contributed by atoms with van der Waals surface area (Å²) >= 11 is 0. The van der Waals surface area contributed by atoms with E-state index in [0.29, 0.717) is 5.82 Å². The summed E-state index contributed by atoms with van der Waals surface area (Å²) in [4.78, 5) is 10.6. The molecule has 0 N–H and O–H groups in total. The number of hydrogen-bond acceptors (Lipinski definition) is 4. The molecule has 56 heavy (non-hydrogen) atoms. The highest BCUT2D eigenvalue weighted by Crippen LogP contribution is 2.46. The molecule has 0 amide bonds. The molecule has 8 aromatic carbocycles. The van der Waals surface area contributed by atoms with Crippen molar-refractivity contribution in [3.63, 3.8) is 0 Å². The zero-order valence-electron chi connectivity index (χ0n) is 30.2. The van der Waals surface area contributed by atoms with Gasteiger partial charge in [0.05, 0.1) is 11.4 Å². The van der Waals surface area contributed by atoms with Gasteiger partial charge >= 0.3 is 0 Å². The Bertz CT molecular complexity index is 3180. The molecule has 0 bridgehead atoms. The minimum absolute atomic E-state index is 0.662. The SMILES string of the molecule is c1ccc(-c2cc(-c3cc(-c4cccc5c4oc4ccccc45)cc(-c4ccccc4)c3-c3ccc4oc5ccccc5c4c3)nc(-c3ccccc3)n2)cc1. The third kappa shape index (κ3) is 5.39. The molecule has 0 radical (unpaired) electrons. The van der Waals surface area contributed by atoms with Crippen molar-refractivity contribution in [1.82, 2.24) is 9.97 Å². The van der Waals surface area contributed by atoms with Gasteiger partial charge in [-0.2, -0.15) is 0 Å². The Morgan fingerprint density at radius 3 is 1.62 bits per heavy atom. The van der Waals surface area contributed by atoms with Crippen LogP contribution in [0.15, 0.2) is 203 Å². The molecule has 0 spiro atoms. The highest BCUT2D eigenvalue weighted by Gasteiger charge is 2.22. The predicted molar refractivity (Wildman–Crippen MR) is 229 cm³/mol. The van der Waals surface area contributed by atoms with Crippen LogP contribution < -0.4 is 0 Å². The third-order valence-corrected chi connectivity index (χ3v) is 10.7. The highest BCUT2D eigenvalue weighted by atomic mass is 16.3. The quantitative estimate of drug-likeness (QED) is 0.172. The summed E-state index contributed by atoms with van der Waals surface area (Å²) in [6.07, 6.45) is 0. The van der Waals surface area contributed by atoms with E-state index in [2.05, 4.69) is 146 Å². The van der Waals surface area contributed by atoms with Gasteiger partial charge in [0.1, 0.15) is 22.3 Å². The molecule has 0 unspecified atom stereocenters. The molecule has 0 saturated carbocycles. The van der Waals surface area contributed by atoms with E-state index in [1.54, 1.807) is 0 Å². The molecule has 11 rings (SSSR count). The summed E-state index contributed by atoms with van der Waals surface area (Å²) in [6, 6.07) is 67.4. The molecule has 0 fully saturated rings. The number of para-hydroxylation sites is 3. The van der Waals surface area contributed by atoms with Gasteiger partial charge in [-0.25, -0.2) is 9.97 Å². The van der Waals surface area contributed by atoms with Crippen LogP contribution >= 0.6 is 0 Å². The first kappa shape index (κ1) is 31.9. The van der Waals surface area contributed by atoms with Crippen molar-refractivity contribution in [3.05, 3.63) is 194 Å². The fourth-order valence-electron chi connectivity index (χ4n) is 8.07. The second kappa shape index (κ2) is 13.1. The van der Waals surface area contributed by atoms with Crippen LogP contribution in [0.3, 0.4) is 0 Å². The lowest BCUT2D eigenvalue weighted by atomic mass is 9.85. The standard InChI is InChI=1S/C52H32N2O2/c1-4-15-33(16-5-1)42-30-37(38-23-14-24-41-39-21-10-13-26-48(39)56-51(38)41)31-44(50(42)36-27-28-49-43(29-36)40-22-11-12-25-47(40)55-49)46-32-45(34-17-6-2-7-18-34)53-52(54-46)35-19-8-3-9-20-35/h1-32H. The maximum absolute atomic E-state index is 6.64. The second-order valence-corrected chi connectivity index (χ2v) is 14.1. The molecule has 4 nitrogen and oxygen atoms in total. The lowest BCUT2D eigenvalue weighted by Gasteiger charge is -2.20. The van der Waals surface area contributed by atoms with Crippen molar-refractivity contribution < 1.29 is 8.83 Å². The first-order chi connectivity index (χ1) is 27.7. The van der Waals surface area contributed by atoms with Crippen molar-refractivity contribution in [2.24, 2.45) is 0 Å². The van der Waals surface area contributed by atoms with Crippen LogP contribution in [0.1, 0.15) is 0 Å². The topological polar surface area (TPSA) is 52.1 Å². The second-order valence-electron chi connectivity index (χ2n) is 14.1. The Morgan fingerprint density at radius 2 is 0.875 bits per heavy atom. The molecule has 0 aliphatic rings. The van der Waals surface area contributed by atoms with Crippen LogP contribution in [0.2, 0.25) is 0 Å². The Kier molecular flexibility index (Phi) is 7.46. The van der Waals surface area contributed by atoms with Gasteiger partial charge in [-0.3, -0.25) is 0 Å². The Morgan fingerprint density at radius 1 is 0.304 bits per heavy atom. The van der Waals surface area contributed by atoms with Gasteiger partial charge in [-0.1, -0.05) is 152 Å². The molecule has 0 aliphatic heterocycles. The van der Waals surface area contributed by atoms with Gasteiger partial charge in [-0.05, 0) is 70.3 Å². The van der Waals surface area contributed by atoms with Crippen LogP contribution in [0.5, 0.6) is 0 Å². The predicted octanol–water partition coefficient (Wildman–Crippen LogP) is 14.3. The maximum atomic E-state index is 6.64. The van der Waals surface area contributed by atoms with Crippen LogP contribution in [0.25, 0.3) is 111 Å². The molecular formula is C52H32N2O2. The monoisotopic (exact) mass is 716 g/mol. The maximum Gasteiger partial charge on any atom is 0.160 e. The zero-order valence-corrected chi connectivity index (χ0v) is 30.2. The van der Waals surface area contributed by atoms with Crippen LogP contribution in [0.4, 0.5) is 0 Å². The number of benzene rings is 8. The van der Waals surface area contributed by atoms with Crippen molar-refractivity contribution in [1.29, 1.82) is 0 Å². The van der Waals surface area contributed by atoms with Gasteiger partial charge in [0.15, 0.2) is 5.82 Å². The first-order valence-corrected chi connectivity index (χ1v) is 18.8. The summed E-state index contributed by atoms with van der Waals surface area (Å²) in [6.45, 7) is 0. The summed E-state index contributed by atoms with van der Waals surface area (Å²) in [5, 5.41) is 4.33. The van der Waals surface area contributed by atoms with E-state index in [0.717, 1.165) is 105 Å². The molecule has 3 heterocycles. The number of fused-ring (bicyclic) bond motifs is 6. The fraction of sp³-hybridized carbons (Fsp3) is 0. The largest absolute Gasteiger partial charge is 0.456 e. The van der Waals surface area contributed by atoms with E-state index < -0.39 is 0 Å². The average molecular weight is 717 g/mol. The molecule has 0 aliphatic carbocycles. The van der Waals surface area contributed by atoms with Crippen molar-refractivity contribution in [2.45, 2.75) is 0 Å². The summed E-state index contributed by atoms with van der Waals surface area (Å²) in [7, 11) is 0. The van der Waals surface area contributed by atoms with Crippen molar-refractivity contribution in [3.8, 4) is 67.3 Å². The van der Waals surface area contributed by atoms with E-state index in [-0.39, 0.29) is 0 Å². The van der Waals surface area contributed by atoms with Crippen molar-refractivity contribution in [2.75, 3.05) is 0 Å². The molecular weight excluding hydrogens is 685 g/mol. The van der Waals surface area contributed by atoms with E-state index >= 15 is 0 Å². The smallest absolute Gasteiger partial charge is 0.160 e. The normalized spacial score (nSPS) is 11.6. The van der Waals surface area contributed by atoms with E-state index in [1.165, 1.54) is 0 Å². The summed E-state index contributed by atoms with van der Waals surface area (Å²) in [5.41, 5.74) is 14.4. The van der Waals surface area contributed by atoms with Gasteiger partial charge in [0, 0.05) is 43.8 Å². The average Bonchev–Trinajstić information content (AvgIpc) is 3.85. The van der Waals surface area contributed by atoms with Crippen LogP contribution in [-0.4, -0.2) is 9.97 Å². The van der Waals surface area contributed by atoms with Gasteiger partial charge in [0.2, 0.25) is 0 Å². The number of rotatable bonds is 6. The summed E-state index contributed by atoms with van der Waals surface area (Å²) < 4.78 is 13.0. The van der Waals surface area contributed by atoms with Gasteiger partial charge < -0.3 is 8.83 Å². The fourth-order valence-corrected chi connectivity index (χ4v) is 8.07. The molecule has 4 heteroatoms. The Balaban J connectivity index is 1.27. The molecule has 3 aromatic heterocycles. The first-order valence-electron chi connectivity index (χ1n) is 18.8. The van der Waals surface area contributed by atoms with E-state index in [4.69, 9.17) is 18.8 Å². The number of aromatic nitrogens is 2. The van der Waals surface area contributed by atoms with Gasteiger partial charge in [0.25, 0.3) is 0 Å². The lowest BCUT2D eigenvalue weighted by molar-refractivity contribution is 0.669. The summed E-state index contributed by atoms with van der Waals surface area (Å²) in [5.74, 6) is 0.662. The third-order valence-electron chi connectivity index (χ3n) is 10.7. The highest BCUT2D eigenvalue weighted by molar-refractivity contribution is 6.11. The zero-order chi connectivity index (χ0) is 37.0. The molecule has 262 valence electrons. The Labute approximate surface area is 323 Å². The molecule has 11 aromatic rings. The minimum atomic E-state index is 0.662. The van der Waals surface area contributed by atoms with Crippen LogP contribution in [-0.2, 0) is 0 Å². The molecule has 0 saturated heterocycles. The lowest BCUT2D eigenvalue weighted by Crippen LogP contribution is -1.99. The molecule has 0 atom stereocenters. The van der Waals surface area contributed by atoms with Crippen LogP contribution in [0, 0.1) is 0 Å². The van der Waals surface area contributed by atoms with Gasteiger partial charge in [-0.15, -0.1) is 0 Å². The van der Waals surface area contributed by atoms with Crippen molar-refractivity contribution >= 4 is 43.9 Å². The minimum Gasteiger partial charge on any atom is -0.456 e. The Hall–Kier alpha value is -7.56. The number of nitrogens with zero attached hydrogens (tertiary/aromatic N) is 2.